The number of para-hydroxylation sites is 1. The molecule has 0 unspecified atom stereocenters. The van der Waals surface area contributed by atoms with Gasteiger partial charge < -0.3 is 9.47 Å². The van der Waals surface area contributed by atoms with Crippen LogP contribution < -0.4 is 9.47 Å². The molecule has 0 aliphatic rings. The highest BCUT2D eigenvalue weighted by Crippen LogP contribution is 2.16. The first-order valence-corrected chi connectivity index (χ1v) is 7.13. The van der Waals surface area contributed by atoms with E-state index in [-0.39, 0.29) is 11.9 Å². The molecule has 0 radical (unpaired) electrons. The highest BCUT2D eigenvalue weighted by molar-refractivity contribution is 5.96. The van der Waals surface area contributed by atoms with E-state index in [1.54, 1.807) is 12.1 Å². The average Bonchev–Trinajstić information content (AvgIpc) is 2.48. The first kappa shape index (κ1) is 15.1. The fraction of sp³-hybridized carbons (Fsp3) is 0.278. The molecule has 0 spiro atoms. The maximum Gasteiger partial charge on any atom is 0.166 e. The number of ether oxygens (including phenoxy) is 2. The summed E-state index contributed by atoms with van der Waals surface area (Å²) in [7, 11) is 0. The van der Waals surface area contributed by atoms with Gasteiger partial charge in [-0.15, -0.1) is 0 Å². The van der Waals surface area contributed by atoms with Gasteiger partial charge in [-0.2, -0.15) is 0 Å². The zero-order valence-electron chi connectivity index (χ0n) is 12.4. The minimum absolute atomic E-state index is 0.0557. The van der Waals surface area contributed by atoms with Crippen molar-refractivity contribution in [1.29, 1.82) is 0 Å². The van der Waals surface area contributed by atoms with Crippen LogP contribution in [-0.4, -0.2) is 18.5 Å². The molecule has 110 valence electrons. The molecular formula is C18H20O3. The van der Waals surface area contributed by atoms with Crippen molar-refractivity contribution in [3.63, 3.8) is 0 Å². The molecule has 0 aliphatic heterocycles. The molecule has 0 fully saturated rings. The minimum Gasteiger partial charge on any atom is -0.493 e. The van der Waals surface area contributed by atoms with E-state index in [0.29, 0.717) is 18.6 Å². The van der Waals surface area contributed by atoms with Crippen LogP contribution in [0.1, 0.15) is 30.6 Å². The number of Topliss-reactive ketones (excluding diaryl/α,β-unsaturated/α-hetero) is 1. The van der Waals surface area contributed by atoms with Crippen LogP contribution in [0.25, 0.3) is 0 Å². The van der Waals surface area contributed by atoms with Crippen molar-refractivity contribution >= 4 is 5.78 Å². The summed E-state index contributed by atoms with van der Waals surface area (Å²) in [4.78, 5) is 12.1. The second-order valence-electron chi connectivity index (χ2n) is 5.03. The van der Waals surface area contributed by atoms with Crippen LogP contribution in [0.5, 0.6) is 11.5 Å². The Hall–Kier alpha value is -2.29. The van der Waals surface area contributed by atoms with Crippen LogP contribution in [0, 0.1) is 0 Å². The number of hydrogen-bond acceptors (Lipinski definition) is 3. The van der Waals surface area contributed by atoms with Gasteiger partial charge in [-0.1, -0.05) is 30.3 Å². The summed E-state index contributed by atoms with van der Waals surface area (Å²) in [6.07, 6.45) is 0.441. The average molecular weight is 284 g/mol. The van der Waals surface area contributed by atoms with E-state index in [0.717, 1.165) is 11.5 Å². The van der Waals surface area contributed by atoms with Gasteiger partial charge in [0.1, 0.15) is 11.5 Å². The molecule has 0 amide bonds. The lowest BCUT2D eigenvalue weighted by Gasteiger charge is -2.10. The summed E-state index contributed by atoms with van der Waals surface area (Å²) < 4.78 is 11.1. The van der Waals surface area contributed by atoms with E-state index in [2.05, 4.69) is 0 Å². The Morgan fingerprint density at radius 2 is 1.71 bits per heavy atom. The van der Waals surface area contributed by atoms with E-state index in [9.17, 15) is 4.79 Å². The Kier molecular flexibility index (Phi) is 5.38. The maximum atomic E-state index is 12.1. The monoisotopic (exact) mass is 284 g/mol. The second-order valence-corrected chi connectivity index (χ2v) is 5.03. The van der Waals surface area contributed by atoms with E-state index < -0.39 is 0 Å². The van der Waals surface area contributed by atoms with Gasteiger partial charge in [0.2, 0.25) is 0 Å². The zero-order chi connectivity index (χ0) is 15.1. The van der Waals surface area contributed by atoms with Crippen LogP contribution in [0.2, 0.25) is 0 Å². The summed E-state index contributed by atoms with van der Waals surface area (Å²) in [5, 5.41) is 0. The summed E-state index contributed by atoms with van der Waals surface area (Å²) in [5.41, 5.74) is 0.657. The standard InChI is InChI=1S/C18H20O3/c1-14(2)21-17-10-6-7-15(13-17)18(19)11-12-20-16-8-4-3-5-9-16/h3-10,13-14H,11-12H2,1-2H3. The lowest BCUT2D eigenvalue weighted by molar-refractivity contribution is 0.0961. The van der Waals surface area contributed by atoms with E-state index in [1.807, 2.05) is 56.3 Å². The predicted octanol–water partition coefficient (Wildman–Crippen LogP) is 4.13. The SMILES string of the molecule is CC(C)Oc1cccc(C(=O)CCOc2ccccc2)c1. The van der Waals surface area contributed by atoms with E-state index in [1.165, 1.54) is 0 Å². The van der Waals surface area contributed by atoms with Crippen LogP contribution in [0.15, 0.2) is 54.6 Å². The van der Waals surface area contributed by atoms with Gasteiger partial charge in [0.25, 0.3) is 0 Å². The van der Waals surface area contributed by atoms with Crippen molar-refractivity contribution in [2.24, 2.45) is 0 Å². The number of ketones is 1. The normalized spacial score (nSPS) is 10.4. The van der Waals surface area contributed by atoms with Crippen LogP contribution >= 0.6 is 0 Å². The molecule has 0 heterocycles. The van der Waals surface area contributed by atoms with Gasteiger partial charge in [-0.3, -0.25) is 4.79 Å². The number of carbonyl (C=O) groups excluding carboxylic acids is 1. The second kappa shape index (κ2) is 7.48. The fourth-order valence-electron chi connectivity index (χ4n) is 1.94. The third-order valence-corrected chi connectivity index (χ3v) is 2.87. The van der Waals surface area contributed by atoms with Gasteiger partial charge in [0, 0.05) is 12.0 Å². The Bertz CT molecular complexity index is 576. The number of rotatable bonds is 7. The largest absolute Gasteiger partial charge is 0.493 e. The Balaban J connectivity index is 1.88. The molecule has 0 atom stereocenters. The lowest BCUT2D eigenvalue weighted by atomic mass is 10.1. The van der Waals surface area contributed by atoms with Gasteiger partial charge in [0.15, 0.2) is 5.78 Å². The van der Waals surface area contributed by atoms with Crippen molar-refractivity contribution < 1.29 is 14.3 Å². The Morgan fingerprint density at radius 1 is 1.00 bits per heavy atom. The number of carbonyl (C=O) groups is 1. The Labute approximate surface area is 125 Å². The lowest BCUT2D eigenvalue weighted by Crippen LogP contribution is -2.08. The van der Waals surface area contributed by atoms with Crippen molar-refractivity contribution in [1.82, 2.24) is 0 Å². The fourth-order valence-corrected chi connectivity index (χ4v) is 1.94. The summed E-state index contributed by atoms with van der Waals surface area (Å²) >= 11 is 0. The van der Waals surface area contributed by atoms with E-state index in [4.69, 9.17) is 9.47 Å². The van der Waals surface area contributed by atoms with Crippen LogP contribution in [-0.2, 0) is 0 Å². The molecule has 0 aliphatic carbocycles. The highest BCUT2D eigenvalue weighted by Gasteiger charge is 2.08. The van der Waals surface area contributed by atoms with E-state index >= 15 is 0 Å². The molecular weight excluding hydrogens is 264 g/mol. The van der Waals surface area contributed by atoms with Crippen molar-refractivity contribution in [2.45, 2.75) is 26.4 Å². The molecule has 0 saturated heterocycles. The first-order valence-electron chi connectivity index (χ1n) is 7.13. The molecule has 0 aromatic heterocycles. The predicted molar refractivity (Wildman–Crippen MR) is 83.1 cm³/mol. The van der Waals surface area contributed by atoms with Crippen molar-refractivity contribution in [3.05, 3.63) is 60.2 Å². The molecule has 21 heavy (non-hydrogen) atoms. The molecule has 3 heteroatoms. The van der Waals surface area contributed by atoms with Gasteiger partial charge in [-0.05, 0) is 38.1 Å². The topological polar surface area (TPSA) is 35.5 Å². The van der Waals surface area contributed by atoms with Gasteiger partial charge in [-0.25, -0.2) is 0 Å². The molecule has 0 saturated carbocycles. The maximum absolute atomic E-state index is 12.1. The zero-order valence-corrected chi connectivity index (χ0v) is 12.4. The van der Waals surface area contributed by atoms with Gasteiger partial charge >= 0.3 is 0 Å². The third-order valence-electron chi connectivity index (χ3n) is 2.87. The van der Waals surface area contributed by atoms with Crippen LogP contribution in [0.4, 0.5) is 0 Å². The quantitative estimate of drug-likeness (QED) is 0.717. The molecule has 0 bridgehead atoms. The van der Waals surface area contributed by atoms with Crippen molar-refractivity contribution in [3.8, 4) is 11.5 Å². The minimum atomic E-state index is 0.0557. The molecule has 0 N–H and O–H groups in total. The van der Waals surface area contributed by atoms with Crippen molar-refractivity contribution in [2.75, 3.05) is 6.61 Å². The first-order chi connectivity index (χ1) is 10.1. The smallest absolute Gasteiger partial charge is 0.166 e. The Morgan fingerprint density at radius 3 is 2.43 bits per heavy atom. The number of benzene rings is 2. The van der Waals surface area contributed by atoms with Crippen LogP contribution in [0.3, 0.4) is 0 Å². The number of hydrogen-bond donors (Lipinski definition) is 0. The molecule has 2 aromatic carbocycles. The van der Waals surface area contributed by atoms with Gasteiger partial charge in [0.05, 0.1) is 12.7 Å². The molecule has 3 nitrogen and oxygen atoms in total. The molecule has 2 rings (SSSR count). The summed E-state index contributed by atoms with van der Waals surface area (Å²) in [6, 6.07) is 16.8. The summed E-state index contributed by atoms with van der Waals surface area (Å²) in [5.74, 6) is 1.56. The highest BCUT2D eigenvalue weighted by atomic mass is 16.5. The molecule has 2 aromatic rings. The summed E-state index contributed by atoms with van der Waals surface area (Å²) in [6.45, 7) is 4.29. The third kappa shape index (κ3) is 4.95.